The van der Waals surface area contributed by atoms with Gasteiger partial charge < -0.3 is 0 Å². The number of rotatable bonds is 0. The van der Waals surface area contributed by atoms with Crippen LogP contribution in [-0.4, -0.2) is 0 Å². The molecule has 0 saturated heterocycles. The Kier molecular flexibility index (Phi) is 1.59. The molecule has 0 aromatic heterocycles. The average molecular weight is 240 g/mol. The van der Waals surface area contributed by atoms with Crippen LogP contribution in [-0.2, 0) is 6.42 Å². The Morgan fingerprint density at radius 2 is 0.947 bits per heavy atom. The molecule has 4 aromatic rings. The van der Waals surface area contributed by atoms with Gasteiger partial charge in [0.2, 0.25) is 0 Å². The van der Waals surface area contributed by atoms with E-state index in [0.29, 0.717) is 0 Å². The normalized spacial score (nSPS) is 13.1. The van der Waals surface area contributed by atoms with Crippen molar-refractivity contribution < 1.29 is 0 Å². The number of hydrogen-bond donors (Lipinski definition) is 0. The lowest BCUT2D eigenvalue weighted by atomic mass is 9.84. The van der Waals surface area contributed by atoms with Gasteiger partial charge in [0.05, 0.1) is 0 Å². The highest BCUT2D eigenvalue weighted by Gasteiger charge is 2.16. The van der Waals surface area contributed by atoms with Crippen LogP contribution < -0.4 is 0 Å². The van der Waals surface area contributed by atoms with Crippen LogP contribution in [0.4, 0.5) is 0 Å². The van der Waals surface area contributed by atoms with Gasteiger partial charge in [-0.15, -0.1) is 0 Å². The minimum Gasteiger partial charge on any atom is -0.0613 e. The van der Waals surface area contributed by atoms with E-state index < -0.39 is 0 Å². The average Bonchev–Trinajstić information content (AvgIpc) is 2.47. The first kappa shape index (κ1) is 9.57. The molecule has 0 unspecified atom stereocenters. The Balaban J connectivity index is 2.26. The summed E-state index contributed by atoms with van der Waals surface area (Å²) >= 11 is 0. The van der Waals surface area contributed by atoms with Gasteiger partial charge in [0.15, 0.2) is 0 Å². The van der Waals surface area contributed by atoms with E-state index in [2.05, 4.69) is 60.7 Å². The van der Waals surface area contributed by atoms with Crippen LogP contribution >= 0.6 is 0 Å². The Bertz CT molecular complexity index is 901. The summed E-state index contributed by atoms with van der Waals surface area (Å²) < 4.78 is 0. The van der Waals surface area contributed by atoms with Gasteiger partial charge in [-0.2, -0.15) is 0 Å². The fourth-order valence-electron chi connectivity index (χ4n) is 3.62. The van der Waals surface area contributed by atoms with E-state index in [-0.39, 0.29) is 0 Å². The summed E-state index contributed by atoms with van der Waals surface area (Å²) in [6.45, 7) is 0. The van der Waals surface area contributed by atoms with E-state index in [1.165, 1.54) is 43.4 Å². The van der Waals surface area contributed by atoms with Crippen LogP contribution in [0.5, 0.6) is 0 Å². The SMILES string of the molecule is c1cc2c3c(c1)ccc1ccc4cccc(c4c13)C2. The quantitative estimate of drug-likeness (QED) is 0.332. The van der Waals surface area contributed by atoms with Gasteiger partial charge in [-0.3, -0.25) is 0 Å². The third kappa shape index (κ3) is 1.09. The van der Waals surface area contributed by atoms with Crippen molar-refractivity contribution in [1.29, 1.82) is 0 Å². The van der Waals surface area contributed by atoms with E-state index in [1.54, 1.807) is 0 Å². The highest BCUT2D eigenvalue weighted by molar-refractivity contribution is 6.23. The third-order valence-corrected chi connectivity index (χ3v) is 4.42. The third-order valence-electron chi connectivity index (χ3n) is 4.42. The maximum Gasteiger partial charge on any atom is -0.00130 e. The van der Waals surface area contributed by atoms with Crippen LogP contribution in [0, 0.1) is 0 Å². The maximum atomic E-state index is 2.27. The van der Waals surface area contributed by atoms with Crippen molar-refractivity contribution in [1.82, 2.24) is 0 Å². The Labute approximate surface area is 111 Å². The Hall–Kier alpha value is -2.34. The lowest BCUT2D eigenvalue weighted by Gasteiger charge is -2.19. The zero-order valence-corrected chi connectivity index (χ0v) is 10.5. The molecular weight excluding hydrogens is 228 g/mol. The predicted octanol–water partition coefficient (Wildman–Crippen LogP) is 5.05. The van der Waals surface area contributed by atoms with Gasteiger partial charge in [-0.1, -0.05) is 60.7 Å². The molecule has 1 aliphatic carbocycles. The monoisotopic (exact) mass is 240 g/mol. The zero-order valence-electron chi connectivity index (χ0n) is 10.5. The van der Waals surface area contributed by atoms with Gasteiger partial charge in [0.25, 0.3) is 0 Å². The largest absolute Gasteiger partial charge is 0.0613 e. The van der Waals surface area contributed by atoms with E-state index in [0.717, 1.165) is 6.42 Å². The summed E-state index contributed by atoms with van der Waals surface area (Å²) in [5.74, 6) is 0. The zero-order chi connectivity index (χ0) is 12.4. The van der Waals surface area contributed by atoms with Crippen molar-refractivity contribution in [2.75, 3.05) is 0 Å². The molecule has 1 aliphatic rings. The summed E-state index contributed by atoms with van der Waals surface area (Å²) in [6.07, 6.45) is 1.06. The summed E-state index contributed by atoms with van der Waals surface area (Å²) in [7, 11) is 0. The van der Waals surface area contributed by atoms with Gasteiger partial charge in [0, 0.05) is 0 Å². The summed E-state index contributed by atoms with van der Waals surface area (Å²) in [5, 5.41) is 8.47. The molecule has 0 heteroatoms. The minimum absolute atomic E-state index is 1.06. The molecule has 0 fully saturated rings. The van der Waals surface area contributed by atoms with Gasteiger partial charge >= 0.3 is 0 Å². The maximum absolute atomic E-state index is 2.27. The molecule has 0 bridgehead atoms. The van der Waals surface area contributed by atoms with Crippen molar-refractivity contribution in [3.8, 4) is 0 Å². The summed E-state index contributed by atoms with van der Waals surface area (Å²) in [5.41, 5.74) is 2.93. The van der Waals surface area contributed by atoms with Crippen molar-refractivity contribution in [3.63, 3.8) is 0 Å². The standard InChI is InChI=1S/C19H12/c1-3-12-7-9-14-10-8-13-4-2-6-16-11-15(5-1)17(12)19(14)18(13)16/h1-10H,11H2. The van der Waals surface area contributed by atoms with Crippen LogP contribution in [0.1, 0.15) is 11.1 Å². The van der Waals surface area contributed by atoms with E-state index in [1.807, 2.05) is 0 Å². The summed E-state index contributed by atoms with van der Waals surface area (Å²) in [6, 6.07) is 22.4. The molecule has 0 heterocycles. The minimum atomic E-state index is 1.06. The molecule has 19 heavy (non-hydrogen) atoms. The second-order valence-corrected chi connectivity index (χ2v) is 5.44. The summed E-state index contributed by atoms with van der Waals surface area (Å²) in [4.78, 5) is 0. The van der Waals surface area contributed by atoms with Crippen LogP contribution in [0.25, 0.3) is 32.3 Å². The molecule has 4 aromatic carbocycles. The van der Waals surface area contributed by atoms with Gasteiger partial charge in [0.1, 0.15) is 0 Å². The van der Waals surface area contributed by atoms with E-state index in [9.17, 15) is 0 Å². The molecule has 0 N–H and O–H groups in total. The molecule has 0 spiro atoms. The topological polar surface area (TPSA) is 0 Å². The smallest absolute Gasteiger partial charge is 0.00130 e. The van der Waals surface area contributed by atoms with Crippen LogP contribution in [0.3, 0.4) is 0 Å². The first-order valence-electron chi connectivity index (χ1n) is 6.77. The van der Waals surface area contributed by atoms with Crippen molar-refractivity contribution in [2.45, 2.75) is 6.42 Å². The fraction of sp³-hybridized carbons (Fsp3) is 0.0526. The molecule has 88 valence electrons. The van der Waals surface area contributed by atoms with E-state index >= 15 is 0 Å². The molecule has 0 atom stereocenters. The second-order valence-electron chi connectivity index (χ2n) is 5.44. The Morgan fingerprint density at radius 3 is 1.47 bits per heavy atom. The highest BCUT2D eigenvalue weighted by Crippen LogP contribution is 2.40. The lowest BCUT2D eigenvalue weighted by molar-refractivity contribution is 1.23. The van der Waals surface area contributed by atoms with Gasteiger partial charge in [-0.05, 0) is 49.9 Å². The molecule has 0 amide bonds. The number of hydrogen-bond acceptors (Lipinski definition) is 0. The van der Waals surface area contributed by atoms with Crippen molar-refractivity contribution in [3.05, 3.63) is 71.8 Å². The second kappa shape index (κ2) is 3.16. The molecule has 0 saturated carbocycles. The molecule has 0 nitrogen and oxygen atoms in total. The lowest BCUT2D eigenvalue weighted by Crippen LogP contribution is -1.98. The van der Waals surface area contributed by atoms with Crippen molar-refractivity contribution in [2.24, 2.45) is 0 Å². The Morgan fingerprint density at radius 1 is 0.474 bits per heavy atom. The molecular formula is C19H12. The molecule has 0 aliphatic heterocycles. The van der Waals surface area contributed by atoms with E-state index in [4.69, 9.17) is 0 Å². The van der Waals surface area contributed by atoms with Crippen LogP contribution in [0.15, 0.2) is 60.7 Å². The number of benzene rings is 4. The fourth-order valence-corrected chi connectivity index (χ4v) is 3.62. The highest BCUT2D eigenvalue weighted by atomic mass is 14.2. The molecule has 5 rings (SSSR count). The first-order valence-corrected chi connectivity index (χ1v) is 6.77. The van der Waals surface area contributed by atoms with Gasteiger partial charge in [-0.25, -0.2) is 0 Å². The molecule has 0 radical (unpaired) electrons. The van der Waals surface area contributed by atoms with Crippen LogP contribution in [0.2, 0.25) is 0 Å². The first-order chi connectivity index (χ1) is 9.42. The van der Waals surface area contributed by atoms with Crippen molar-refractivity contribution >= 4 is 32.3 Å². The predicted molar refractivity (Wildman–Crippen MR) is 81.8 cm³/mol.